The van der Waals surface area contributed by atoms with Gasteiger partial charge in [-0.3, -0.25) is 4.98 Å². The summed E-state index contributed by atoms with van der Waals surface area (Å²) in [6.07, 6.45) is 1.81. The number of benzene rings is 1. The van der Waals surface area contributed by atoms with Gasteiger partial charge < -0.3 is 5.32 Å². The normalized spacial score (nSPS) is 10.4. The lowest BCUT2D eigenvalue weighted by molar-refractivity contribution is 1.22. The number of fused-ring (bicyclic) bond motifs is 1. The second-order valence-electron chi connectivity index (χ2n) is 3.84. The molecule has 2 nitrogen and oxygen atoms in total. The van der Waals surface area contributed by atoms with Crippen LogP contribution in [-0.2, 0) is 0 Å². The molecule has 2 aromatic rings. The van der Waals surface area contributed by atoms with Crippen LogP contribution in [0.4, 0.5) is 5.69 Å². The molecule has 0 bridgehead atoms. The number of anilines is 1. The predicted octanol–water partition coefficient (Wildman–Crippen LogP) is 3.99. The molecular formula is C13H13BrN2. The highest BCUT2D eigenvalue weighted by Gasteiger charge is 2.01. The Labute approximate surface area is 104 Å². The second kappa shape index (κ2) is 4.66. The Morgan fingerprint density at radius 1 is 1.50 bits per heavy atom. The standard InChI is InChI=1S/C13H13BrN2/c1-9(2)7-15-12-5-3-4-10-6-11(14)8-16-13(10)12/h3-6,8,15H,1,7H2,2H3. The van der Waals surface area contributed by atoms with Crippen molar-refractivity contribution >= 4 is 32.5 Å². The Balaban J connectivity index is 2.41. The van der Waals surface area contributed by atoms with Gasteiger partial charge in [0.05, 0.1) is 11.2 Å². The number of hydrogen-bond acceptors (Lipinski definition) is 2. The smallest absolute Gasteiger partial charge is 0.0934 e. The lowest BCUT2D eigenvalue weighted by atomic mass is 10.2. The van der Waals surface area contributed by atoms with Crippen LogP contribution in [0.1, 0.15) is 6.92 Å². The lowest BCUT2D eigenvalue weighted by Crippen LogP contribution is -2.02. The Morgan fingerprint density at radius 2 is 2.31 bits per heavy atom. The van der Waals surface area contributed by atoms with Crippen LogP contribution < -0.4 is 5.32 Å². The average molecular weight is 277 g/mol. The third-order valence-corrected chi connectivity index (χ3v) is 2.69. The molecule has 1 aromatic carbocycles. The zero-order valence-electron chi connectivity index (χ0n) is 9.13. The van der Waals surface area contributed by atoms with Gasteiger partial charge in [0, 0.05) is 22.6 Å². The van der Waals surface area contributed by atoms with Crippen LogP contribution in [0, 0.1) is 0 Å². The minimum atomic E-state index is 0.775. The van der Waals surface area contributed by atoms with Gasteiger partial charge in [0.2, 0.25) is 0 Å². The van der Waals surface area contributed by atoms with Crippen LogP contribution in [0.5, 0.6) is 0 Å². The van der Waals surface area contributed by atoms with Gasteiger partial charge in [-0.05, 0) is 35.0 Å². The van der Waals surface area contributed by atoms with Crippen molar-refractivity contribution in [1.29, 1.82) is 0 Å². The van der Waals surface area contributed by atoms with Crippen molar-refractivity contribution in [3.63, 3.8) is 0 Å². The summed E-state index contributed by atoms with van der Waals surface area (Å²) in [6, 6.07) is 8.18. The molecule has 0 spiro atoms. The van der Waals surface area contributed by atoms with E-state index in [9.17, 15) is 0 Å². The van der Waals surface area contributed by atoms with E-state index in [4.69, 9.17) is 0 Å². The predicted molar refractivity (Wildman–Crippen MR) is 72.7 cm³/mol. The van der Waals surface area contributed by atoms with Gasteiger partial charge in [-0.1, -0.05) is 24.3 Å². The summed E-state index contributed by atoms with van der Waals surface area (Å²) in [6.45, 7) is 6.65. The van der Waals surface area contributed by atoms with E-state index in [-0.39, 0.29) is 0 Å². The lowest BCUT2D eigenvalue weighted by Gasteiger charge is -2.08. The van der Waals surface area contributed by atoms with E-state index in [0.717, 1.165) is 33.2 Å². The number of pyridine rings is 1. The molecule has 0 saturated heterocycles. The van der Waals surface area contributed by atoms with Crippen molar-refractivity contribution in [2.24, 2.45) is 0 Å². The second-order valence-corrected chi connectivity index (χ2v) is 4.76. The molecule has 2 rings (SSSR count). The molecule has 0 aliphatic heterocycles. The number of aromatic nitrogens is 1. The molecule has 0 atom stereocenters. The number of nitrogens with one attached hydrogen (secondary N) is 1. The fourth-order valence-electron chi connectivity index (χ4n) is 1.52. The third-order valence-electron chi connectivity index (χ3n) is 2.26. The SMILES string of the molecule is C=C(C)CNc1cccc2cc(Br)cnc12. The monoisotopic (exact) mass is 276 g/mol. The van der Waals surface area contributed by atoms with Crippen LogP contribution in [0.15, 0.2) is 47.1 Å². The topological polar surface area (TPSA) is 24.9 Å². The Bertz CT molecular complexity index is 534. The van der Waals surface area contributed by atoms with E-state index >= 15 is 0 Å². The molecule has 0 fully saturated rings. The van der Waals surface area contributed by atoms with Crippen molar-refractivity contribution in [3.8, 4) is 0 Å². The Kier molecular flexibility index (Phi) is 3.25. The van der Waals surface area contributed by atoms with E-state index in [1.165, 1.54) is 0 Å². The van der Waals surface area contributed by atoms with Crippen LogP contribution in [0.2, 0.25) is 0 Å². The van der Waals surface area contributed by atoms with Gasteiger partial charge >= 0.3 is 0 Å². The molecule has 0 radical (unpaired) electrons. The first-order chi connectivity index (χ1) is 7.66. The van der Waals surface area contributed by atoms with Crippen molar-refractivity contribution in [2.75, 3.05) is 11.9 Å². The van der Waals surface area contributed by atoms with E-state index < -0.39 is 0 Å². The van der Waals surface area contributed by atoms with Gasteiger partial charge in [-0.15, -0.1) is 0 Å². The summed E-state index contributed by atoms with van der Waals surface area (Å²) in [5.74, 6) is 0. The van der Waals surface area contributed by atoms with Crippen LogP contribution in [0.25, 0.3) is 10.9 Å². The Morgan fingerprint density at radius 3 is 3.06 bits per heavy atom. The summed E-state index contributed by atoms with van der Waals surface area (Å²) < 4.78 is 0.997. The summed E-state index contributed by atoms with van der Waals surface area (Å²) in [4.78, 5) is 4.42. The van der Waals surface area contributed by atoms with E-state index in [1.807, 2.05) is 25.3 Å². The number of halogens is 1. The van der Waals surface area contributed by atoms with Crippen molar-refractivity contribution in [1.82, 2.24) is 4.98 Å². The summed E-state index contributed by atoms with van der Waals surface area (Å²) in [7, 11) is 0. The number of hydrogen-bond donors (Lipinski definition) is 1. The van der Waals surface area contributed by atoms with Crippen LogP contribution >= 0.6 is 15.9 Å². The minimum absolute atomic E-state index is 0.775. The first-order valence-electron chi connectivity index (χ1n) is 5.09. The molecule has 16 heavy (non-hydrogen) atoms. The fourth-order valence-corrected chi connectivity index (χ4v) is 1.87. The molecular weight excluding hydrogens is 264 g/mol. The first kappa shape index (κ1) is 11.1. The van der Waals surface area contributed by atoms with E-state index in [1.54, 1.807) is 0 Å². The van der Waals surface area contributed by atoms with Gasteiger partial charge in [0.25, 0.3) is 0 Å². The molecule has 1 heterocycles. The quantitative estimate of drug-likeness (QED) is 0.858. The zero-order chi connectivity index (χ0) is 11.5. The summed E-state index contributed by atoms with van der Waals surface area (Å²) in [5, 5.41) is 4.46. The minimum Gasteiger partial charge on any atom is -0.380 e. The van der Waals surface area contributed by atoms with Gasteiger partial charge in [0.1, 0.15) is 0 Å². The number of para-hydroxylation sites is 1. The largest absolute Gasteiger partial charge is 0.380 e. The maximum atomic E-state index is 4.42. The van der Waals surface area contributed by atoms with E-state index in [2.05, 4.69) is 44.9 Å². The average Bonchev–Trinajstić information content (AvgIpc) is 2.25. The van der Waals surface area contributed by atoms with Crippen LogP contribution in [0.3, 0.4) is 0 Å². The number of rotatable bonds is 3. The molecule has 3 heteroatoms. The number of nitrogens with zero attached hydrogens (tertiary/aromatic N) is 1. The maximum Gasteiger partial charge on any atom is 0.0934 e. The van der Waals surface area contributed by atoms with Gasteiger partial charge in [-0.25, -0.2) is 0 Å². The fraction of sp³-hybridized carbons (Fsp3) is 0.154. The molecule has 0 amide bonds. The first-order valence-corrected chi connectivity index (χ1v) is 5.88. The summed E-state index contributed by atoms with van der Waals surface area (Å²) in [5.41, 5.74) is 3.15. The molecule has 0 unspecified atom stereocenters. The molecule has 1 aromatic heterocycles. The van der Waals surface area contributed by atoms with Gasteiger partial charge in [0.15, 0.2) is 0 Å². The van der Waals surface area contributed by atoms with Gasteiger partial charge in [-0.2, -0.15) is 0 Å². The highest BCUT2D eigenvalue weighted by Crippen LogP contribution is 2.23. The highest BCUT2D eigenvalue weighted by atomic mass is 79.9. The molecule has 1 N–H and O–H groups in total. The zero-order valence-corrected chi connectivity index (χ0v) is 10.7. The molecule has 0 aliphatic rings. The molecule has 82 valence electrons. The molecule has 0 aliphatic carbocycles. The molecule has 0 saturated carbocycles. The highest BCUT2D eigenvalue weighted by molar-refractivity contribution is 9.10. The van der Waals surface area contributed by atoms with Crippen LogP contribution in [-0.4, -0.2) is 11.5 Å². The van der Waals surface area contributed by atoms with Crippen molar-refractivity contribution < 1.29 is 0 Å². The Hall–Kier alpha value is -1.35. The summed E-state index contributed by atoms with van der Waals surface area (Å²) >= 11 is 3.42. The van der Waals surface area contributed by atoms with Crippen molar-refractivity contribution in [2.45, 2.75) is 6.92 Å². The van der Waals surface area contributed by atoms with E-state index in [0.29, 0.717) is 0 Å². The van der Waals surface area contributed by atoms with Crippen molar-refractivity contribution in [3.05, 3.63) is 47.1 Å². The maximum absolute atomic E-state index is 4.42. The third kappa shape index (κ3) is 2.42.